The molecule has 0 N–H and O–H groups in total. The van der Waals surface area contributed by atoms with Gasteiger partial charge < -0.3 is 0 Å². The number of carbonyl (C=O) groups excluding carboxylic acids is 1. The number of Topliss-reactive ketones (excluding diaryl/α,β-unsaturated/α-hetero) is 1. The molecule has 0 aromatic rings. The van der Waals surface area contributed by atoms with Crippen LogP contribution in [0.2, 0.25) is 0 Å². The summed E-state index contributed by atoms with van der Waals surface area (Å²) in [6.07, 6.45) is 13.3. The molecule has 0 bridgehead atoms. The molecule has 0 radical (unpaired) electrons. The predicted molar refractivity (Wildman–Crippen MR) is 90.5 cm³/mol. The molecule has 1 saturated heterocycles. The largest absolute Gasteiger partial charge is 0.300 e. The van der Waals surface area contributed by atoms with E-state index in [1.54, 1.807) is 0 Å². The van der Waals surface area contributed by atoms with Crippen LogP contribution in [0.25, 0.3) is 0 Å². The molecule has 0 amide bonds. The lowest BCUT2D eigenvalue weighted by Gasteiger charge is -2.55. The van der Waals surface area contributed by atoms with Crippen molar-refractivity contribution < 1.29 is 9.63 Å². The van der Waals surface area contributed by atoms with Crippen LogP contribution in [0.1, 0.15) is 73.1 Å². The van der Waals surface area contributed by atoms with Gasteiger partial charge in [0.25, 0.3) is 0 Å². The molecule has 1 aliphatic heterocycles. The van der Waals surface area contributed by atoms with Gasteiger partial charge >= 0.3 is 0 Å². The molecule has 1 fully saturated rings. The zero-order chi connectivity index (χ0) is 16.4. The highest BCUT2D eigenvalue weighted by molar-refractivity contribution is 5.81. The van der Waals surface area contributed by atoms with Crippen LogP contribution in [0.5, 0.6) is 0 Å². The van der Waals surface area contributed by atoms with Gasteiger partial charge in [-0.2, -0.15) is 5.06 Å². The second kappa shape index (κ2) is 6.29. The Hall–Kier alpha value is -0.930. The van der Waals surface area contributed by atoms with Gasteiger partial charge in [0.1, 0.15) is 11.4 Å². The van der Waals surface area contributed by atoms with Crippen molar-refractivity contribution in [3.05, 3.63) is 24.3 Å². The van der Waals surface area contributed by atoms with Crippen molar-refractivity contribution in [1.29, 1.82) is 0 Å². The van der Waals surface area contributed by atoms with Crippen molar-refractivity contribution in [3.63, 3.8) is 0 Å². The molecule has 0 saturated carbocycles. The summed E-state index contributed by atoms with van der Waals surface area (Å²) in [6, 6.07) is 0. The van der Waals surface area contributed by atoms with E-state index in [0.29, 0.717) is 18.6 Å². The van der Waals surface area contributed by atoms with Gasteiger partial charge in [0.05, 0.1) is 11.1 Å². The first-order chi connectivity index (χ1) is 10.3. The molecule has 2 rings (SSSR count). The minimum absolute atomic E-state index is 0.225. The predicted octanol–water partition coefficient (Wildman–Crippen LogP) is 4.59. The van der Waals surface area contributed by atoms with E-state index < -0.39 is 0 Å². The van der Waals surface area contributed by atoms with Crippen LogP contribution in [-0.2, 0) is 9.63 Å². The number of allylic oxidation sites excluding steroid dienone is 2. The Morgan fingerprint density at radius 1 is 1.05 bits per heavy atom. The van der Waals surface area contributed by atoms with E-state index >= 15 is 0 Å². The normalized spacial score (nSPS) is 39.4. The van der Waals surface area contributed by atoms with Crippen molar-refractivity contribution in [2.45, 2.75) is 89.8 Å². The Morgan fingerprint density at radius 3 is 2.05 bits per heavy atom. The molecule has 1 aliphatic carbocycles. The number of carbonyl (C=O) groups is 1. The van der Waals surface area contributed by atoms with Crippen molar-refractivity contribution in [2.75, 3.05) is 0 Å². The number of hydrogen-bond donors (Lipinski definition) is 0. The minimum Gasteiger partial charge on any atom is -0.300 e. The number of hydrogen-bond acceptors (Lipinski definition) is 3. The van der Waals surface area contributed by atoms with E-state index in [1.165, 1.54) is 0 Å². The molecular formula is C19H31NO2. The lowest BCUT2D eigenvalue weighted by Crippen LogP contribution is -2.65. The molecule has 3 atom stereocenters. The van der Waals surface area contributed by atoms with E-state index in [2.05, 4.69) is 64.0 Å². The average molecular weight is 305 g/mol. The van der Waals surface area contributed by atoms with Crippen LogP contribution in [0, 0.1) is 0 Å². The molecule has 0 aromatic carbocycles. The maximum absolute atomic E-state index is 12.3. The van der Waals surface area contributed by atoms with Gasteiger partial charge in [0.2, 0.25) is 0 Å². The molecule has 3 nitrogen and oxygen atoms in total. The molecule has 3 heteroatoms. The molecule has 0 aromatic heterocycles. The van der Waals surface area contributed by atoms with Crippen LogP contribution in [-0.4, -0.2) is 27.5 Å². The third-order valence-corrected chi connectivity index (χ3v) is 5.64. The Morgan fingerprint density at radius 2 is 1.64 bits per heavy atom. The highest BCUT2D eigenvalue weighted by Crippen LogP contribution is 2.44. The SMILES string of the molecule is CCC1(ON2C(C)(CC)CC(=O)CC2(C)CC)C=CC=CC1. The third kappa shape index (κ3) is 3.07. The zero-order valence-electron chi connectivity index (χ0n) is 14.8. The van der Waals surface area contributed by atoms with Gasteiger partial charge in [-0.25, -0.2) is 0 Å². The Bertz CT molecular complexity index is 462. The van der Waals surface area contributed by atoms with Crippen molar-refractivity contribution in [2.24, 2.45) is 0 Å². The molecule has 2 aliphatic rings. The second-order valence-corrected chi connectivity index (χ2v) is 7.39. The molecule has 124 valence electrons. The van der Waals surface area contributed by atoms with Gasteiger partial charge in [-0.3, -0.25) is 9.63 Å². The molecule has 1 heterocycles. The Kier molecular flexibility index (Phi) is 4.98. The van der Waals surface area contributed by atoms with E-state index in [9.17, 15) is 4.79 Å². The fourth-order valence-corrected chi connectivity index (χ4v) is 3.69. The van der Waals surface area contributed by atoms with Crippen LogP contribution >= 0.6 is 0 Å². The van der Waals surface area contributed by atoms with Crippen LogP contribution in [0.3, 0.4) is 0 Å². The number of ketones is 1. The Labute approximate surface area is 135 Å². The van der Waals surface area contributed by atoms with Crippen molar-refractivity contribution in [1.82, 2.24) is 5.06 Å². The van der Waals surface area contributed by atoms with Gasteiger partial charge in [-0.05, 0) is 33.1 Å². The van der Waals surface area contributed by atoms with Gasteiger partial charge in [0, 0.05) is 19.3 Å². The lowest BCUT2D eigenvalue weighted by molar-refractivity contribution is -0.327. The fraction of sp³-hybridized carbons (Fsp3) is 0.737. The van der Waals surface area contributed by atoms with Gasteiger partial charge in [0.15, 0.2) is 0 Å². The number of hydroxylamine groups is 2. The van der Waals surface area contributed by atoms with Gasteiger partial charge in [-0.1, -0.05) is 45.1 Å². The summed E-state index contributed by atoms with van der Waals surface area (Å²) in [5.41, 5.74) is -0.726. The molecule has 3 unspecified atom stereocenters. The van der Waals surface area contributed by atoms with E-state index in [1.807, 2.05) is 0 Å². The monoisotopic (exact) mass is 305 g/mol. The standard InChI is InChI=1S/C19H31NO2/c1-6-17(4)14-16(21)15-18(5,7-2)20(17)22-19(8-3)12-10-9-11-13-19/h9-12H,6-8,13-15H2,1-5H3. The first kappa shape index (κ1) is 17.4. The summed E-state index contributed by atoms with van der Waals surface area (Å²) < 4.78 is 0. The minimum atomic E-state index is -0.276. The summed E-state index contributed by atoms with van der Waals surface area (Å²) >= 11 is 0. The smallest absolute Gasteiger partial charge is 0.136 e. The summed E-state index contributed by atoms with van der Waals surface area (Å²) in [7, 11) is 0. The highest BCUT2D eigenvalue weighted by atomic mass is 16.7. The van der Waals surface area contributed by atoms with E-state index in [4.69, 9.17) is 4.84 Å². The topological polar surface area (TPSA) is 29.5 Å². The summed E-state index contributed by atoms with van der Waals surface area (Å²) in [5.74, 6) is 0.359. The Balaban J connectivity index is 2.36. The van der Waals surface area contributed by atoms with E-state index in [-0.39, 0.29) is 16.7 Å². The molecule has 0 spiro atoms. The molecular weight excluding hydrogens is 274 g/mol. The number of rotatable bonds is 5. The second-order valence-electron chi connectivity index (χ2n) is 7.39. The summed E-state index contributed by atoms with van der Waals surface area (Å²) in [4.78, 5) is 19.0. The highest BCUT2D eigenvalue weighted by Gasteiger charge is 2.51. The fourth-order valence-electron chi connectivity index (χ4n) is 3.69. The maximum atomic E-state index is 12.3. The molecule has 22 heavy (non-hydrogen) atoms. The van der Waals surface area contributed by atoms with Gasteiger partial charge in [-0.15, -0.1) is 0 Å². The van der Waals surface area contributed by atoms with Crippen LogP contribution < -0.4 is 0 Å². The van der Waals surface area contributed by atoms with Crippen molar-refractivity contribution in [3.8, 4) is 0 Å². The number of nitrogens with zero attached hydrogens (tertiary/aromatic N) is 1. The van der Waals surface area contributed by atoms with Crippen LogP contribution in [0.15, 0.2) is 24.3 Å². The van der Waals surface area contributed by atoms with Crippen LogP contribution in [0.4, 0.5) is 0 Å². The van der Waals surface area contributed by atoms with Crippen molar-refractivity contribution >= 4 is 5.78 Å². The third-order valence-electron chi connectivity index (χ3n) is 5.64. The van der Waals surface area contributed by atoms with E-state index in [0.717, 1.165) is 25.7 Å². The average Bonchev–Trinajstić information content (AvgIpc) is 2.52. The first-order valence-electron chi connectivity index (χ1n) is 8.68. The first-order valence-corrected chi connectivity index (χ1v) is 8.68. The quantitative estimate of drug-likeness (QED) is 0.744. The number of piperidine rings is 1. The lowest BCUT2D eigenvalue weighted by atomic mass is 9.76. The summed E-state index contributed by atoms with van der Waals surface area (Å²) in [6.45, 7) is 10.8. The summed E-state index contributed by atoms with van der Waals surface area (Å²) in [5, 5.41) is 2.19. The zero-order valence-corrected chi connectivity index (χ0v) is 14.8. The maximum Gasteiger partial charge on any atom is 0.136 e.